The van der Waals surface area contributed by atoms with Gasteiger partial charge in [0, 0.05) is 22.2 Å². The normalized spacial score (nSPS) is 12.6. The standard InChI is InChI=1S/C59H43N/c1-59(2)53-29-11-8-25-52(53)58-51(28-16-30-54(58)59)49-24-10-13-32-56(49)60(46-37-35-41(36-38-46)45-34-33-40-17-6-7-20-44(40)39-45)55-31-12-9-23-48(55)50-27-15-22-43-21-14-26-47(57(43)50)42-18-4-3-5-19-42/h3-39H,1-2H3. The van der Waals surface area contributed by atoms with Gasteiger partial charge in [-0.15, -0.1) is 0 Å². The van der Waals surface area contributed by atoms with E-state index in [1.165, 1.54) is 88.3 Å². The monoisotopic (exact) mass is 765 g/mol. The number of hydrogen-bond acceptors (Lipinski definition) is 1. The fourth-order valence-electron chi connectivity index (χ4n) is 9.78. The van der Waals surface area contributed by atoms with Gasteiger partial charge in [0.1, 0.15) is 0 Å². The third-order valence-electron chi connectivity index (χ3n) is 12.7. The number of fused-ring (bicyclic) bond motifs is 5. The van der Waals surface area contributed by atoms with Crippen LogP contribution in [0.4, 0.5) is 17.1 Å². The SMILES string of the molecule is CC1(C)c2ccccc2-c2c(-c3ccccc3N(c3ccc(-c4ccc5ccccc5c4)cc3)c3ccccc3-c3cccc4cccc(-c5ccccc5)c34)cccc21. The molecule has 1 aliphatic rings. The van der Waals surface area contributed by atoms with Crippen molar-refractivity contribution in [2.75, 3.05) is 4.90 Å². The minimum atomic E-state index is -0.105. The molecule has 0 radical (unpaired) electrons. The van der Waals surface area contributed by atoms with Crippen molar-refractivity contribution in [3.8, 4) is 55.6 Å². The van der Waals surface area contributed by atoms with Crippen LogP contribution in [0.1, 0.15) is 25.0 Å². The largest absolute Gasteiger partial charge is 0.309 e. The summed E-state index contributed by atoms with van der Waals surface area (Å²) < 4.78 is 0. The number of para-hydroxylation sites is 2. The lowest BCUT2D eigenvalue weighted by Crippen LogP contribution is -2.15. The Labute approximate surface area is 352 Å². The van der Waals surface area contributed by atoms with Crippen LogP contribution >= 0.6 is 0 Å². The van der Waals surface area contributed by atoms with Crippen molar-refractivity contribution in [1.29, 1.82) is 0 Å². The van der Waals surface area contributed by atoms with Gasteiger partial charge in [0.05, 0.1) is 11.4 Å². The Morgan fingerprint density at radius 2 is 0.833 bits per heavy atom. The molecule has 0 spiro atoms. The summed E-state index contributed by atoms with van der Waals surface area (Å²) in [7, 11) is 0. The van der Waals surface area contributed by atoms with Gasteiger partial charge in [-0.25, -0.2) is 0 Å². The topological polar surface area (TPSA) is 3.24 Å². The lowest BCUT2D eigenvalue weighted by Gasteiger charge is -2.31. The first kappa shape index (κ1) is 35.7. The predicted octanol–water partition coefficient (Wildman–Crippen LogP) is 16.4. The maximum atomic E-state index is 2.49. The zero-order valence-corrected chi connectivity index (χ0v) is 33.8. The number of nitrogens with zero attached hydrogens (tertiary/aromatic N) is 1. The predicted molar refractivity (Wildman–Crippen MR) is 255 cm³/mol. The second kappa shape index (κ2) is 14.4. The molecule has 10 aromatic rings. The van der Waals surface area contributed by atoms with E-state index in [-0.39, 0.29) is 5.41 Å². The molecular weight excluding hydrogens is 723 g/mol. The zero-order valence-electron chi connectivity index (χ0n) is 33.8. The Bertz CT molecular complexity index is 3220. The Balaban J connectivity index is 1.15. The van der Waals surface area contributed by atoms with Crippen molar-refractivity contribution in [3.63, 3.8) is 0 Å². The molecule has 0 atom stereocenters. The van der Waals surface area contributed by atoms with E-state index in [4.69, 9.17) is 0 Å². The molecule has 10 aromatic carbocycles. The highest BCUT2D eigenvalue weighted by atomic mass is 15.1. The van der Waals surface area contributed by atoms with E-state index in [0.29, 0.717) is 0 Å². The van der Waals surface area contributed by atoms with Gasteiger partial charge in [-0.1, -0.05) is 208 Å². The quantitative estimate of drug-likeness (QED) is 0.156. The summed E-state index contributed by atoms with van der Waals surface area (Å²) >= 11 is 0. The summed E-state index contributed by atoms with van der Waals surface area (Å²) in [6.07, 6.45) is 0. The van der Waals surface area contributed by atoms with Crippen LogP contribution in [0.15, 0.2) is 224 Å². The summed E-state index contributed by atoms with van der Waals surface area (Å²) in [5.41, 5.74) is 18.3. The molecule has 0 fully saturated rings. The third-order valence-corrected chi connectivity index (χ3v) is 12.7. The van der Waals surface area contributed by atoms with E-state index in [2.05, 4.69) is 243 Å². The molecule has 60 heavy (non-hydrogen) atoms. The van der Waals surface area contributed by atoms with Gasteiger partial charge in [0.15, 0.2) is 0 Å². The van der Waals surface area contributed by atoms with Crippen LogP contribution in [0.2, 0.25) is 0 Å². The number of benzene rings is 10. The molecule has 1 heteroatoms. The van der Waals surface area contributed by atoms with E-state index in [0.717, 1.165) is 17.1 Å². The number of anilines is 3. The van der Waals surface area contributed by atoms with Gasteiger partial charge >= 0.3 is 0 Å². The van der Waals surface area contributed by atoms with Gasteiger partial charge in [0.2, 0.25) is 0 Å². The second-order valence-electron chi connectivity index (χ2n) is 16.5. The van der Waals surface area contributed by atoms with Crippen molar-refractivity contribution in [1.82, 2.24) is 0 Å². The lowest BCUT2D eigenvalue weighted by molar-refractivity contribution is 0.660. The minimum Gasteiger partial charge on any atom is -0.309 e. The summed E-state index contributed by atoms with van der Waals surface area (Å²) in [5, 5.41) is 4.96. The molecule has 0 bridgehead atoms. The smallest absolute Gasteiger partial charge is 0.0540 e. The molecule has 0 aromatic heterocycles. The summed E-state index contributed by atoms with van der Waals surface area (Å²) in [4.78, 5) is 2.49. The molecule has 0 amide bonds. The Morgan fingerprint density at radius 3 is 1.58 bits per heavy atom. The Kier molecular flexibility index (Phi) is 8.57. The molecule has 0 N–H and O–H groups in total. The van der Waals surface area contributed by atoms with Crippen LogP contribution < -0.4 is 4.90 Å². The van der Waals surface area contributed by atoms with Crippen molar-refractivity contribution in [3.05, 3.63) is 236 Å². The second-order valence-corrected chi connectivity index (χ2v) is 16.5. The molecule has 0 heterocycles. The molecule has 1 nitrogen and oxygen atoms in total. The minimum absolute atomic E-state index is 0.105. The molecule has 0 saturated heterocycles. The molecule has 11 rings (SSSR count). The summed E-state index contributed by atoms with van der Waals surface area (Å²) in [5.74, 6) is 0. The van der Waals surface area contributed by atoms with Crippen LogP contribution in [0, 0.1) is 0 Å². The molecule has 1 aliphatic carbocycles. The van der Waals surface area contributed by atoms with E-state index in [9.17, 15) is 0 Å². The number of hydrogen-bond donors (Lipinski definition) is 0. The van der Waals surface area contributed by atoms with Gasteiger partial charge in [-0.2, -0.15) is 0 Å². The average Bonchev–Trinajstić information content (AvgIpc) is 3.55. The van der Waals surface area contributed by atoms with Gasteiger partial charge in [0.25, 0.3) is 0 Å². The highest BCUT2D eigenvalue weighted by Gasteiger charge is 2.37. The zero-order chi connectivity index (χ0) is 40.2. The van der Waals surface area contributed by atoms with Gasteiger partial charge in [-0.05, 0) is 108 Å². The first-order chi connectivity index (χ1) is 29.5. The summed E-state index contributed by atoms with van der Waals surface area (Å²) in [6, 6.07) is 82.5. The van der Waals surface area contributed by atoms with Crippen LogP contribution in [-0.4, -0.2) is 0 Å². The van der Waals surface area contributed by atoms with Crippen LogP contribution in [0.25, 0.3) is 77.2 Å². The maximum Gasteiger partial charge on any atom is 0.0540 e. The molecule has 0 unspecified atom stereocenters. The van der Waals surface area contributed by atoms with Crippen molar-refractivity contribution in [2.24, 2.45) is 0 Å². The van der Waals surface area contributed by atoms with E-state index in [1.54, 1.807) is 0 Å². The maximum absolute atomic E-state index is 2.49. The van der Waals surface area contributed by atoms with E-state index in [1.807, 2.05) is 0 Å². The lowest BCUT2D eigenvalue weighted by atomic mass is 9.82. The highest BCUT2D eigenvalue weighted by Crippen LogP contribution is 2.54. The first-order valence-corrected chi connectivity index (χ1v) is 20.9. The van der Waals surface area contributed by atoms with Crippen molar-refractivity contribution in [2.45, 2.75) is 19.3 Å². The Hall–Kier alpha value is -7.48. The summed E-state index contributed by atoms with van der Waals surface area (Å²) in [6.45, 7) is 4.72. The molecule has 0 aliphatic heterocycles. The molecule has 284 valence electrons. The Morgan fingerprint density at radius 1 is 0.317 bits per heavy atom. The van der Waals surface area contributed by atoms with E-state index < -0.39 is 0 Å². The fourth-order valence-corrected chi connectivity index (χ4v) is 9.78. The van der Waals surface area contributed by atoms with Crippen LogP contribution in [0.3, 0.4) is 0 Å². The van der Waals surface area contributed by atoms with Crippen molar-refractivity contribution >= 4 is 38.6 Å². The number of rotatable bonds is 7. The van der Waals surface area contributed by atoms with Gasteiger partial charge in [-0.3, -0.25) is 0 Å². The fraction of sp³-hybridized carbons (Fsp3) is 0.0508. The van der Waals surface area contributed by atoms with Gasteiger partial charge < -0.3 is 4.90 Å². The van der Waals surface area contributed by atoms with E-state index >= 15 is 0 Å². The van der Waals surface area contributed by atoms with Crippen molar-refractivity contribution < 1.29 is 0 Å². The third kappa shape index (κ3) is 5.85. The highest BCUT2D eigenvalue weighted by molar-refractivity contribution is 6.09. The molecule has 0 saturated carbocycles. The van der Waals surface area contributed by atoms with Crippen LogP contribution in [-0.2, 0) is 5.41 Å². The molecular formula is C59H43N. The average molecular weight is 766 g/mol. The van der Waals surface area contributed by atoms with Crippen LogP contribution in [0.5, 0.6) is 0 Å². The first-order valence-electron chi connectivity index (χ1n) is 20.9.